The third kappa shape index (κ3) is 5.04. The second-order valence-electron chi connectivity index (χ2n) is 6.55. The highest BCUT2D eigenvalue weighted by molar-refractivity contribution is 5.43. The van der Waals surface area contributed by atoms with E-state index in [-0.39, 0.29) is 0 Å². The van der Waals surface area contributed by atoms with Gasteiger partial charge in [-0.2, -0.15) is 0 Å². The Morgan fingerprint density at radius 1 is 0.633 bits per heavy atom. The smallest absolute Gasteiger partial charge is 0.157 e. The molecule has 0 saturated carbocycles. The minimum absolute atomic E-state index is 0.302. The molecule has 9 heteroatoms. The molecule has 0 bridgehead atoms. The second kappa shape index (κ2) is 8.52. The van der Waals surface area contributed by atoms with Crippen LogP contribution in [0.2, 0.25) is 0 Å². The topological polar surface area (TPSA) is 124 Å². The molecule has 0 atom stereocenters. The molecule has 1 aliphatic heterocycles. The van der Waals surface area contributed by atoms with Crippen molar-refractivity contribution in [2.75, 3.05) is 23.7 Å². The van der Waals surface area contributed by atoms with Crippen molar-refractivity contribution in [3.63, 3.8) is 0 Å². The predicted octanol–water partition coefficient (Wildman–Crippen LogP) is 2.68. The Bertz CT molecular complexity index is 1010. The number of ether oxygens (including phenoxy) is 1. The lowest BCUT2D eigenvalue weighted by Crippen LogP contribution is -2.54. The van der Waals surface area contributed by atoms with Crippen molar-refractivity contribution in [2.24, 2.45) is 0 Å². The molecule has 154 valence electrons. The minimum Gasteiger partial charge on any atom is -0.458 e. The maximum absolute atomic E-state index is 5.97. The monoisotopic (exact) mass is 406 g/mol. The molecule has 0 fully saturated rings. The van der Waals surface area contributed by atoms with E-state index in [1.807, 2.05) is 0 Å². The molecular formula is C21H22N6O3. The number of nitrogens with zero attached hydrogens (tertiary/aromatic N) is 2. The molecule has 0 spiro atoms. The molecule has 0 aliphatic carbocycles. The van der Waals surface area contributed by atoms with E-state index in [4.69, 9.17) is 31.6 Å². The quantitative estimate of drug-likeness (QED) is 0.457. The fraction of sp³-hybridized carbons (Fsp3) is 0.0476. The van der Waals surface area contributed by atoms with Crippen LogP contribution in [-0.4, -0.2) is 16.9 Å². The third-order valence-corrected chi connectivity index (χ3v) is 4.08. The molecular weight excluding hydrogens is 384 g/mol. The van der Waals surface area contributed by atoms with Crippen LogP contribution in [0, 0.1) is 0 Å². The van der Waals surface area contributed by atoms with Gasteiger partial charge >= 0.3 is 0 Å². The Hall–Kier alpha value is -4.08. The second-order valence-corrected chi connectivity index (χ2v) is 6.55. The number of nitrogens with one attached hydrogen (secondary N) is 1. The standard InChI is InChI=1S/C21H22N6O3/c22-15-1-7-18(8-2-15)28-21-13-26(29-19-9-3-16(23)4-10-19)25-27(14-21)30-20-11-5-17(24)6-12-20/h1-13,25H,14,22-24H2. The lowest BCUT2D eigenvalue weighted by molar-refractivity contribution is -0.229. The van der Waals surface area contributed by atoms with Crippen molar-refractivity contribution in [3.8, 4) is 17.2 Å². The summed E-state index contributed by atoms with van der Waals surface area (Å²) < 4.78 is 5.97. The van der Waals surface area contributed by atoms with Gasteiger partial charge in [-0.05, 0) is 78.0 Å². The summed E-state index contributed by atoms with van der Waals surface area (Å²) >= 11 is 0. The van der Waals surface area contributed by atoms with Crippen LogP contribution in [-0.2, 0) is 0 Å². The summed E-state index contributed by atoms with van der Waals surface area (Å²) in [4.78, 5) is 11.7. The maximum atomic E-state index is 5.97. The molecule has 9 nitrogen and oxygen atoms in total. The van der Waals surface area contributed by atoms with Crippen molar-refractivity contribution < 1.29 is 14.4 Å². The SMILES string of the molecule is Nc1ccc(OC2=CN(Oc3ccc(N)cc3)NN(Oc3ccc(N)cc3)C2)cc1. The van der Waals surface area contributed by atoms with E-state index in [0.29, 0.717) is 46.6 Å². The Kier molecular flexibility index (Phi) is 5.46. The normalized spacial score (nSPS) is 14.1. The average molecular weight is 406 g/mol. The first-order valence-electron chi connectivity index (χ1n) is 9.18. The summed E-state index contributed by atoms with van der Waals surface area (Å²) in [5, 5.41) is 2.84. The zero-order valence-electron chi connectivity index (χ0n) is 16.1. The number of nitrogens with two attached hydrogens (primary N) is 3. The van der Waals surface area contributed by atoms with E-state index in [0.717, 1.165) is 0 Å². The van der Waals surface area contributed by atoms with Crippen LogP contribution in [0.1, 0.15) is 0 Å². The molecule has 0 radical (unpaired) electrons. The van der Waals surface area contributed by atoms with Crippen LogP contribution >= 0.6 is 0 Å². The Labute approximate surface area is 173 Å². The number of hydrogen-bond acceptors (Lipinski definition) is 9. The van der Waals surface area contributed by atoms with Crippen LogP contribution in [0.4, 0.5) is 17.1 Å². The first-order chi connectivity index (χ1) is 14.5. The molecule has 0 aromatic heterocycles. The van der Waals surface area contributed by atoms with E-state index in [1.54, 1.807) is 79.0 Å². The van der Waals surface area contributed by atoms with Gasteiger partial charge < -0.3 is 31.6 Å². The van der Waals surface area contributed by atoms with Gasteiger partial charge in [0.1, 0.15) is 23.8 Å². The fourth-order valence-corrected chi connectivity index (χ4v) is 2.63. The third-order valence-electron chi connectivity index (χ3n) is 4.08. The molecule has 3 aromatic carbocycles. The predicted molar refractivity (Wildman–Crippen MR) is 114 cm³/mol. The van der Waals surface area contributed by atoms with Crippen molar-refractivity contribution in [1.82, 2.24) is 15.9 Å². The first-order valence-corrected chi connectivity index (χ1v) is 9.18. The summed E-state index contributed by atoms with van der Waals surface area (Å²) in [7, 11) is 0. The van der Waals surface area contributed by atoms with E-state index in [2.05, 4.69) is 5.53 Å². The zero-order chi connectivity index (χ0) is 20.9. The van der Waals surface area contributed by atoms with Gasteiger partial charge in [-0.1, -0.05) is 5.53 Å². The van der Waals surface area contributed by atoms with Gasteiger partial charge in [-0.3, -0.25) is 0 Å². The summed E-state index contributed by atoms with van der Waals surface area (Å²) in [5.74, 6) is 2.38. The average Bonchev–Trinajstić information content (AvgIpc) is 2.73. The minimum atomic E-state index is 0.302. The molecule has 7 N–H and O–H groups in total. The Morgan fingerprint density at radius 2 is 1.10 bits per heavy atom. The van der Waals surface area contributed by atoms with Crippen LogP contribution in [0.15, 0.2) is 84.8 Å². The van der Waals surface area contributed by atoms with Crippen molar-refractivity contribution in [1.29, 1.82) is 0 Å². The number of hydrogen-bond donors (Lipinski definition) is 4. The highest BCUT2D eigenvalue weighted by Crippen LogP contribution is 2.21. The molecule has 0 saturated heterocycles. The maximum Gasteiger partial charge on any atom is 0.157 e. The molecule has 1 heterocycles. The van der Waals surface area contributed by atoms with Gasteiger partial charge in [0.25, 0.3) is 0 Å². The summed E-state index contributed by atoms with van der Waals surface area (Å²) in [6.45, 7) is 0.302. The number of hydrazine groups is 2. The van der Waals surface area contributed by atoms with E-state index >= 15 is 0 Å². The van der Waals surface area contributed by atoms with E-state index < -0.39 is 0 Å². The molecule has 0 amide bonds. The van der Waals surface area contributed by atoms with Gasteiger partial charge in [0, 0.05) is 17.1 Å². The van der Waals surface area contributed by atoms with Crippen LogP contribution in [0.25, 0.3) is 0 Å². The summed E-state index contributed by atoms with van der Waals surface area (Å²) in [6, 6.07) is 21.1. The number of nitrogen functional groups attached to an aromatic ring is 3. The zero-order valence-corrected chi connectivity index (χ0v) is 16.1. The van der Waals surface area contributed by atoms with Crippen LogP contribution < -0.4 is 37.1 Å². The van der Waals surface area contributed by atoms with Gasteiger partial charge in [0.05, 0.1) is 6.20 Å². The van der Waals surface area contributed by atoms with Crippen molar-refractivity contribution in [3.05, 3.63) is 84.8 Å². The van der Waals surface area contributed by atoms with E-state index in [9.17, 15) is 0 Å². The van der Waals surface area contributed by atoms with E-state index in [1.165, 1.54) is 10.3 Å². The van der Waals surface area contributed by atoms with Gasteiger partial charge in [0.15, 0.2) is 5.75 Å². The largest absolute Gasteiger partial charge is 0.458 e. The van der Waals surface area contributed by atoms with Crippen molar-refractivity contribution in [2.45, 2.75) is 0 Å². The lowest BCUT2D eigenvalue weighted by atomic mass is 10.3. The van der Waals surface area contributed by atoms with Gasteiger partial charge in [-0.15, -0.1) is 5.17 Å². The highest BCUT2D eigenvalue weighted by atomic mass is 16.8. The molecule has 0 unspecified atom stereocenters. The summed E-state index contributed by atoms with van der Waals surface area (Å²) in [5.41, 5.74) is 22.1. The molecule has 3 aromatic rings. The number of hydroxylamine groups is 2. The highest BCUT2D eigenvalue weighted by Gasteiger charge is 2.22. The summed E-state index contributed by atoms with van der Waals surface area (Å²) in [6.07, 6.45) is 1.68. The number of rotatable bonds is 6. The lowest BCUT2D eigenvalue weighted by Gasteiger charge is -2.33. The molecule has 30 heavy (non-hydrogen) atoms. The Morgan fingerprint density at radius 3 is 1.63 bits per heavy atom. The molecule has 4 rings (SSSR count). The fourth-order valence-electron chi connectivity index (χ4n) is 2.63. The van der Waals surface area contributed by atoms with Gasteiger partial charge in [0.2, 0.25) is 0 Å². The molecule has 1 aliphatic rings. The van der Waals surface area contributed by atoms with Crippen LogP contribution in [0.3, 0.4) is 0 Å². The van der Waals surface area contributed by atoms with Crippen molar-refractivity contribution >= 4 is 17.1 Å². The first kappa shape index (κ1) is 19.2. The Balaban J connectivity index is 1.52. The van der Waals surface area contributed by atoms with Gasteiger partial charge in [-0.25, -0.2) is 0 Å². The van der Waals surface area contributed by atoms with Crippen LogP contribution in [0.5, 0.6) is 17.2 Å². The number of benzene rings is 3. The number of anilines is 3.